The second-order valence-electron chi connectivity index (χ2n) is 9.46. The van der Waals surface area contributed by atoms with E-state index in [0.717, 1.165) is 23.6 Å². The minimum absolute atomic E-state index is 0.0493. The van der Waals surface area contributed by atoms with Gasteiger partial charge in [-0.15, -0.1) is 0 Å². The van der Waals surface area contributed by atoms with Gasteiger partial charge in [0.05, 0.1) is 14.7 Å². The molecule has 3 rings (SSSR count). The molecule has 1 fully saturated rings. The van der Waals surface area contributed by atoms with Gasteiger partial charge in [0.25, 0.3) is 0 Å². The first kappa shape index (κ1) is 24.1. The number of Topliss-reactive ketones (excluding diaryl/α,β-unsaturated/α-hetero) is 1. The van der Waals surface area contributed by atoms with E-state index in [4.69, 9.17) is 4.74 Å². The quantitative estimate of drug-likeness (QED) is 0.607. The smallest absolute Gasteiger partial charge is 0.318 e. The third kappa shape index (κ3) is 6.04. The molecule has 1 aliphatic heterocycles. The average Bonchev–Trinajstić information content (AvgIpc) is 3.27. The summed E-state index contributed by atoms with van der Waals surface area (Å²) in [7, 11) is -0.169. The highest BCUT2D eigenvalue weighted by molar-refractivity contribution is 6.88. The summed E-state index contributed by atoms with van der Waals surface area (Å²) < 4.78 is 19.8. The second-order valence-corrected chi connectivity index (χ2v) is 14.5. The fraction of sp³-hybridized carbons (Fsp3) is 0.440. The molecular weight excluding hydrogens is 423 g/mol. The molecule has 32 heavy (non-hydrogen) atoms. The minimum Gasteiger partial charge on any atom is -0.380 e. The first-order valence-corrected chi connectivity index (χ1v) is 14.6. The Balaban J connectivity index is 1.82. The molecule has 0 spiro atoms. The maximum Gasteiger partial charge on any atom is 0.318 e. The fourth-order valence-electron chi connectivity index (χ4n) is 4.04. The molecule has 7 heteroatoms. The molecule has 0 bridgehead atoms. The van der Waals surface area contributed by atoms with Gasteiger partial charge >= 0.3 is 6.03 Å². The van der Waals surface area contributed by atoms with Gasteiger partial charge in [0.1, 0.15) is 11.9 Å². The molecule has 1 N–H and O–H groups in total. The van der Waals surface area contributed by atoms with Crippen LogP contribution >= 0.6 is 0 Å². The molecule has 1 heterocycles. The van der Waals surface area contributed by atoms with Crippen LogP contribution in [0.4, 0.5) is 9.18 Å². The molecule has 0 aromatic heterocycles. The highest BCUT2D eigenvalue weighted by Gasteiger charge is 2.27. The lowest BCUT2D eigenvalue weighted by atomic mass is 9.96. The van der Waals surface area contributed by atoms with Crippen molar-refractivity contribution in [1.29, 1.82) is 0 Å². The lowest BCUT2D eigenvalue weighted by molar-refractivity contribution is -0.120. The van der Waals surface area contributed by atoms with Gasteiger partial charge in [0.15, 0.2) is 5.78 Å². The van der Waals surface area contributed by atoms with E-state index in [2.05, 4.69) is 25.0 Å². The van der Waals surface area contributed by atoms with Gasteiger partial charge in [0.2, 0.25) is 0 Å². The first-order valence-electron chi connectivity index (χ1n) is 11.1. The van der Waals surface area contributed by atoms with Crippen LogP contribution in [0.3, 0.4) is 0 Å². The van der Waals surface area contributed by atoms with Crippen molar-refractivity contribution in [1.82, 2.24) is 10.2 Å². The first-order chi connectivity index (χ1) is 15.2. The molecule has 2 aromatic carbocycles. The summed E-state index contributed by atoms with van der Waals surface area (Å²) in [5, 5.41) is 3.67. The van der Waals surface area contributed by atoms with Crippen molar-refractivity contribution in [3.63, 3.8) is 0 Å². The van der Waals surface area contributed by atoms with E-state index < -0.39 is 14.1 Å². The molecule has 1 saturated heterocycles. The number of hydrogen-bond donors (Lipinski definition) is 1. The SMILES string of the molecule is COCc1ccc([C@@H](NC(=O)N2CCCC2)C(=O)Cc2ccc([Si](C)(C)C)c(F)c2)cc1. The van der Waals surface area contributed by atoms with Crippen LogP contribution in [0, 0.1) is 5.82 Å². The van der Waals surface area contributed by atoms with Crippen molar-refractivity contribution in [3.8, 4) is 0 Å². The van der Waals surface area contributed by atoms with Crippen LogP contribution in [0.25, 0.3) is 0 Å². The summed E-state index contributed by atoms with van der Waals surface area (Å²) >= 11 is 0. The van der Waals surface area contributed by atoms with Crippen molar-refractivity contribution in [3.05, 3.63) is 65.0 Å². The number of hydrogen-bond acceptors (Lipinski definition) is 3. The van der Waals surface area contributed by atoms with E-state index in [1.54, 1.807) is 12.0 Å². The summed E-state index contributed by atoms with van der Waals surface area (Å²) in [5.74, 6) is -0.423. The molecule has 1 atom stereocenters. The van der Waals surface area contributed by atoms with E-state index >= 15 is 0 Å². The summed E-state index contributed by atoms with van der Waals surface area (Å²) in [6.07, 6.45) is 1.99. The van der Waals surface area contributed by atoms with Gasteiger partial charge in [-0.25, -0.2) is 9.18 Å². The molecular formula is C25H33FN2O3Si. The number of amides is 2. The number of urea groups is 1. The Bertz CT molecular complexity index is 951. The average molecular weight is 457 g/mol. The maximum atomic E-state index is 14.7. The molecule has 0 unspecified atom stereocenters. The molecule has 1 aliphatic rings. The lowest BCUT2D eigenvalue weighted by Crippen LogP contribution is -2.43. The van der Waals surface area contributed by atoms with Crippen molar-refractivity contribution >= 4 is 25.1 Å². The number of carbonyl (C=O) groups excluding carboxylic acids is 2. The van der Waals surface area contributed by atoms with Crippen molar-refractivity contribution in [2.75, 3.05) is 20.2 Å². The topological polar surface area (TPSA) is 58.6 Å². The number of ether oxygens (including phenoxy) is 1. The van der Waals surface area contributed by atoms with E-state index in [0.29, 0.717) is 30.8 Å². The predicted molar refractivity (Wildman–Crippen MR) is 127 cm³/mol. The Kier molecular flexibility index (Phi) is 7.85. The van der Waals surface area contributed by atoms with E-state index in [9.17, 15) is 14.0 Å². The lowest BCUT2D eigenvalue weighted by Gasteiger charge is -2.23. The third-order valence-corrected chi connectivity index (χ3v) is 7.85. The van der Waals surface area contributed by atoms with Crippen molar-refractivity contribution < 1.29 is 18.7 Å². The minimum atomic E-state index is -1.80. The Morgan fingerprint density at radius 3 is 2.25 bits per heavy atom. The fourth-order valence-corrected chi connectivity index (χ4v) is 5.41. The zero-order chi connectivity index (χ0) is 23.3. The largest absolute Gasteiger partial charge is 0.380 e. The normalized spacial score (nSPS) is 15.0. The van der Waals surface area contributed by atoms with Crippen molar-refractivity contribution in [2.45, 2.75) is 51.6 Å². The summed E-state index contributed by atoms with van der Waals surface area (Å²) in [6, 6.07) is 11.5. The van der Waals surface area contributed by atoms with Crippen LogP contribution in [0.2, 0.25) is 19.6 Å². The third-order valence-electron chi connectivity index (χ3n) is 5.83. The van der Waals surface area contributed by atoms with Gasteiger partial charge in [-0.05, 0) is 40.8 Å². The standard InChI is InChI=1S/C25H33FN2O3Si/c1-31-17-18-7-10-20(11-8-18)24(27-25(30)28-13-5-6-14-28)22(29)16-19-9-12-23(21(26)15-19)32(2,3)4/h7-12,15,24H,5-6,13-14,16-17H2,1-4H3,(H,27,30)/t24-/m1/s1. The molecule has 0 radical (unpaired) electrons. The number of nitrogens with one attached hydrogen (secondary N) is 1. The Morgan fingerprint density at radius 2 is 1.69 bits per heavy atom. The summed E-state index contributed by atoms with van der Waals surface area (Å²) in [4.78, 5) is 27.8. The highest BCUT2D eigenvalue weighted by Crippen LogP contribution is 2.20. The number of benzene rings is 2. The van der Waals surface area contributed by atoms with Crippen LogP contribution in [0.5, 0.6) is 0 Å². The Labute approximate surface area is 191 Å². The molecule has 0 aliphatic carbocycles. The van der Waals surface area contributed by atoms with Crippen LogP contribution in [-0.2, 0) is 22.6 Å². The number of nitrogens with zero attached hydrogens (tertiary/aromatic N) is 1. The zero-order valence-electron chi connectivity index (χ0n) is 19.4. The van der Waals surface area contributed by atoms with Gasteiger partial charge in [-0.2, -0.15) is 0 Å². The van der Waals surface area contributed by atoms with E-state index in [1.807, 2.05) is 36.4 Å². The molecule has 5 nitrogen and oxygen atoms in total. The summed E-state index contributed by atoms with van der Waals surface area (Å²) in [6.45, 7) is 8.14. The van der Waals surface area contributed by atoms with Gasteiger partial charge in [-0.1, -0.05) is 56.0 Å². The molecule has 0 saturated carbocycles. The molecule has 172 valence electrons. The number of halogens is 1. The van der Waals surface area contributed by atoms with Gasteiger partial charge in [-0.3, -0.25) is 4.79 Å². The maximum absolute atomic E-state index is 14.7. The number of rotatable bonds is 8. The predicted octanol–water partition coefficient (Wildman–Crippen LogP) is 4.18. The number of methoxy groups -OCH3 is 1. The van der Waals surface area contributed by atoms with Crippen LogP contribution in [0.1, 0.15) is 35.6 Å². The Morgan fingerprint density at radius 1 is 1.06 bits per heavy atom. The van der Waals surface area contributed by atoms with E-state index in [-0.39, 0.29) is 24.1 Å². The Hall–Kier alpha value is -2.51. The highest BCUT2D eigenvalue weighted by atomic mass is 28.3. The van der Waals surface area contributed by atoms with Crippen LogP contribution in [-0.4, -0.2) is 45.0 Å². The molecule has 2 amide bonds. The second kappa shape index (κ2) is 10.4. The van der Waals surface area contributed by atoms with Crippen LogP contribution in [0.15, 0.2) is 42.5 Å². The van der Waals surface area contributed by atoms with Gasteiger partial charge in [0, 0.05) is 26.6 Å². The van der Waals surface area contributed by atoms with Gasteiger partial charge < -0.3 is 15.0 Å². The van der Waals surface area contributed by atoms with E-state index in [1.165, 1.54) is 6.07 Å². The number of carbonyl (C=O) groups is 2. The van der Waals surface area contributed by atoms with Crippen molar-refractivity contribution in [2.24, 2.45) is 0 Å². The number of ketones is 1. The molecule has 2 aromatic rings. The van der Waals surface area contributed by atoms with Crippen LogP contribution < -0.4 is 10.5 Å². The zero-order valence-corrected chi connectivity index (χ0v) is 20.4. The number of likely N-dealkylation sites (tertiary alicyclic amines) is 1. The monoisotopic (exact) mass is 456 g/mol. The summed E-state index contributed by atoms with van der Waals surface area (Å²) in [5.41, 5.74) is 2.31.